The van der Waals surface area contributed by atoms with Crippen molar-refractivity contribution in [2.24, 2.45) is 5.84 Å². The summed E-state index contributed by atoms with van der Waals surface area (Å²) in [4.78, 5) is 22.2. The largest absolute Gasteiger partial charge is 0.468 e. The van der Waals surface area contributed by atoms with Crippen molar-refractivity contribution < 1.29 is 14.3 Å². The molecule has 0 saturated heterocycles. The molecule has 1 aromatic rings. The lowest BCUT2D eigenvalue weighted by Crippen LogP contribution is -2.29. The summed E-state index contributed by atoms with van der Waals surface area (Å²) in [5.41, 5.74) is 3.53. The number of benzene rings is 1. The quantitative estimate of drug-likeness (QED) is 0.350. The number of hydrogen-bond donors (Lipinski definition) is 2. The van der Waals surface area contributed by atoms with Crippen molar-refractivity contribution in [3.05, 3.63) is 35.4 Å². The first-order valence-corrected chi connectivity index (χ1v) is 6.07. The molecule has 5 nitrogen and oxygen atoms in total. The Morgan fingerprint density at radius 2 is 2.24 bits per heavy atom. The molecule has 0 fully saturated rings. The molecule has 92 valence electrons. The summed E-state index contributed by atoms with van der Waals surface area (Å²) < 4.78 is 4.53. The predicted molar refractivity (Wildman–Crippen MR) is 66.3 cm³/mol. The van der Waals surface area contributed by atoms with Crippen LogP contribution in [0.3, 0.4) is 0 Å². The topological polar surface area (TPSA) is 81.4 Å². The van der Waals surface area contributed by atoms with Crippen LogP contribution in [0.5, 0.6) is 0 Å². The number of nitrogen functional groups attached to an aromatic ring is 1. The van der Waals surface area contributed by atoms with E-state index in [0.29, 0.717) is 17.1 Å². The number of methoxy groups -OCH3 is 1. The number of hydrogen-bond acceptors (Lipinski definition) is 5. The molecule has 1 aromatic carbocycles. The summed E-state index contributed by atoms with van der Waals surface area (Å²) in [7, 11) is 1.36. The van der Waals surface area contributed by atoms with Gasteiger partial charge in [-0.1, -0.05) is 12.1 Å². The molecule has 0 saturated carbocycles. The Balaban J connectivity index is 2.54. The molecule has 0 aliphatic rings. The van der Waals surface area contributed by atoms with E-state index in [1.807, 2.05) is 6.07 Å². The third-order valence-corrected chi connectivity index (χ3v) is 3.01. The Hall–Kier alpha value is -1.53. The molecule has 0 aromatic heterocycles. The van der Waals surface area contributed by atoms with Crippen molar-refractivity contribution in [3.8, 4) is 0 Å². The molecule has 0 aliphatic heterocycles. The lowest BCUT2D eigenvalue weighted by Gasteiger charge is -2.04. The number of thioether (sulfide) groups is 1. The normalized spacial score (nSPS) is 9.76. The van der Waals surface area contributed by atoms with E-state index in [2.05, 4.69) is 10.2 Å². The van der Waals surface area contributed by atoms with Crippen LogP contribution in [-0.4, -0.2) is 24.7 Å². The average molecular weight is 254 g/mol. The van der Waals surface area contributed by atoms with Crippen molar-refractivity contribution in [2.45, 2.75) is 5.75 Å². The van der Waals surface area contributed by atoms with E-state index in [1.165, 1.54) is 18.9 Å². The number of rotatable bonds is 5. The van der Waals surface area contributed by atoms with Gasteiger partial charge in [0.05, 0.1) is 12.9 Å². The van der Waals surface area contributed by atoms with Crippen LogP contribution in [0.25, 0.3) is 0 Å². The fraction of sp³-hybridized carbons (Fsp3) is 0.273. The van der Waals surface area contributed by atoms with Crippen LogP contribution < -0.4 is 11.3 Å². The molecule has 1 amide bonds. The maximum absolute atomic E-state index is 11.3. The summed E-state index contributed by atoms with van der Waals surface area (Å²) in [6.45, 7) is 0. The number of esters is 1. The molecule has 1 rings (SSSR count). The van der Waals surface area contributed by atoms with Crippen LogP contribution in [0.1, 0.15) is 15.9 Å². The number of amides is 1. The van der Waals surface area contributed by atoms with Crippen molar-refractivity contribution in [3.63, 3.8) is 0 Å². The molecule has 0 bridgehead atoms. The van der Waals surface area contributed by atoms with Gasteiger partial charge >= 0.3 is 5.97 Å². The second kappa shape index (κ2) is 6.93. The van der Waals surface area contributed by atoms with Gasteiger partial charge in [0.25, 0.3) is 5.91 Å². The van der Waals surface area contributed by atoms with Crippen molar-refractivity contribution >= 4 is 23.6 Å². The lowest BCUT2D eigenvalue weighted by molar-refractivity contribution is -0.137. The van der Waals surface area contributed by atoms with E-state index < -0.39 is 0 Å². The van der Waals surface area contributed by atoms with E-state index in [1.54, 1.807) is 18.2 Å². The fourth-order valence-corrected chi connectivity index (χ4v) is 2.00. The molecule has 3 N–H and O–H groups in total. The van der Waals surface area contributed by atoms with Gasteiger partial charge in [-0.05, 0) is 17.7 Å². The molecule has 0 atom stereocenters. The van der Waals surface area contributed by atoms with E-state index in [0.717, 1.165) is 5.56 Å². The first-order chi connectivity index (χ1) is 8.17. The Morgan fingerprint density at radius 1 is 1.47 bits per heavy atom. The van der Waals surface area contributed by atoms with Gasteiger partial charge in [0.1, 0.15) is 0 Å². The van der Waals surface area contributed by atoms with Crippen LogP contribution in [0.15, 0.2) is 24.3 Å². The highest BCUT2D eigenvalue weighted by Gasteiger charge is 2.05. The molecular formula is C11H14N2O3S. The van der Waals surface area contributed by atoms with Crippen LogP contribution in [0, 0.1) is 0 Å². The maximum atomic E-state index is 11.3. The van der Waals surface area contributed by atoms with Crippen molar-refractivity contribution in [1.29, 1.82) is 0 Å². The van der Waals surface area contributed by atoms with Crippen LogP contribution in [0.2, 0.25) is 0 Å². The minimum absolute atomic E-state index is 0.258. The monoisotopic (exact) mass is 254 g/mol. The highest BCUT2D eigenvalue weighted by atomic mass is 32.2. The Labute approximate surface area is 104 Å². The lowest BCUT2D eigenvalue weighted by atomic mass is 10.1. The fourth-order valence-electron chi connectivity index (χ4n) is 1.20. The van der Waals surface area contributed by atoms with Gasteiger partial charge in [-0.25, -0.2) is 5.84 Å². The third-order valence-electron chi connectivity index (χ3n) is 2.04. The minimum atomic E-state index is -0.329. The van der Waals surface area contributed by atoms with Gasteiger partial charge in [-0.2, -0.15) is 0 Å². The summed E-state index contributed by atoms with van der Waals surface area (Å²) in [5.74, 6) is 5.39. The zero-order valence-electron chi connectivity index (χ0n) is 9.43. The standard InChI is InChI=1S/C11H14N2O3S/c1-16-10(14)7-17-6-8-3-2-4-9(5-8)11(15)13-12/h2-5H,6-7,12H2,1H3,(H,13,15). The van der Waals surface area contributed by atoms with Crippen LogP contribution in [0.4, 0.5) is 0 Å². The van der Waals surface area contributed by atoms with E-state index in [-0.39, 0.29) is 11.9 Å². The second-order valence-electron chi connectivity index (χ2n) is 3.24. The Kier molecular flexibility index (Phi) is 5.51. The van der Waals surface area contributed by atoms with Crippen LogP contribution >= 0.6 is 11.8 Å². The summed E-state index contributed by atoms with van der Waals surface area (Å²) in [5, 5.41) is 0. The average Bonchev–Trinajstić information content (AvgIpc) is 2.38. The molecule has 6 heteroatoms. The first kappa shape index (κ1) is 13.5. The van der Waals surface area contributed by atoms with E-state index in [9.17, 15) is 9.59 Å². The van der Waals surface area contributed by atoms with Gasteiger partial charge in [-0.3, -0.25) is 15.0 Å². The predicted octanol–water partition coefficient (Wildman–Crippen LogP) is 0.696. The van der Waals surface area contributed by atoms with E-state index >= 15 is 0 Å². The molecule has 0 unspecified atom stereocenters. The molecule has 17 heavy (non-hydrogen) atoms. The summed E-state index contributed by atoms with van der Waals surface area (Å²) in [6, 6.07) is 7.08. The molecule has 0 heterocycles. The second-order valence-corrected chi connectivity index (χ2v) is 4.23. The van der Waals surface area contributed by atoms with Gasteiger partial charge < -0.3 is 4.74 Å². The Morgan fingerprint density at radius 3 is 2.88 bits per heavy atom. The minimum Gasteiger partial charge on any atom is -0.468 e. The number of nitrogens with one attached hydrogen (secondary N) is 1. The summed E-state index contributed by atoms with van der Waals surface area (Å²) >= 11 is 1.43. The van der Waals surface area contributed by atoms with Gasteiger partial charge in [-0.15, -0.1) is 11.8 Å². The maximum Gasteiger partial charge on any atom is 0.315 e. The highest BCUT2D eigenvalue weighted by molar-refractivity contribution is 7.99. The molecular weight excluding hydrogens is 240 g/mol. The number of nitrogens with two attached hydrogens (primary N) is 1. The number of hydrazine groups is 1. The van der Waals surface area contributed by atoms with Crippen molar-refractivity contribution in [2.75, 3.05) is 12.9 Å². The summed E-state index contributed by atoms with van der Waals surface area (Å²) in [6.07, 6.45) is 0. The first-order valence-electron chi connectivity index (χ1n) is 4.92. The van der Waals surface area contributed by atoms with E-state index in [4.69, 9.17) is 5.84 Å². The molecule has 0 spiro atoms. The zero-order valence-corrected chi connectivity index (χ0v) is 10.3. The van der Waals surface area contributed by atoms with Gasteiger partial charge in [0.2, 0.25) is 0 Å². The third kappa shape index (κ3) is 4.46. The highest BCUT2D eigenvalue weighted by Crippen LogP contribution is 2.13. The smallest absolute Gasteiger partial charge is 0.315 e. The number of carbonyl (C=O) groups excluding carboxylic acids is 2. The molecule has 0 radical (unpaired) electrons. The zero-order chi connectivity index (χ0) is 12.7. The van der Waals surface area contributed by atoms with Crippen LogP contribution in [-0.2, 0) is 15.3 Å². The van der Waals surface area contributed by atoms with Crippen molar-refractivity contribution in [1.82, 2.24) is 5.43 Å². The number of carbonyl (C=O) groups is 2. The van der Waals surface area contributed by atoms with Gasteiger partial charge in [0, 0.05) is 11.3 Å². The van der Waals surface area contributed by atoms with Gasteiger partial charge in [0.15, 0.2) is 0 Å². The Bertz CT molecular complexity index is 409. The SMILES string of the molecule is COC(=O)CSCc1cccc(C(=O)NN)c1. The number of ether oxygens (including phenoxy) is 1. The molecule has 0 aliphatic carbocycles.